The lowest BCUT2D eigenvalue weighted by molar-refractivity contribution is -0.138. The Morgan fingerprint density at radius 1 is 1.61 bits per heavy atom. The van der Waals surface area contributed by atoms with Gasteiger partial charge in [0.15, 0.2) is 0 Å². The third kappa shape index (κ3) is 3.16. The number of carboxylic acids is 1. The molecule has 0 aliphatic heterocycles. The first kappa shape index (κ1) is 12.8. The second-order valence-corrected chi connectivity index (χ2v) is 5.02. The molecule has 18 heavy (non-hydrogen) atoms. The van der Waals surface area contributed by atoms with Crippen molar-refractivity contribution < 1.29 is 9.90 Å². The average molecular weight is 265 g/mol. The lowest BCUT2D eigenvalue weighted by Gasteiger charge is -2.13. The summed E-state index contributed by atoms with van der Waals surface area (Å²) in [6.07, 6.45) is 2.77. The molecule has 2 rings (SSSR count). The van der Waals surface area contributed by atoms with Crippen LogP contribution in [0.5, 0.6) is 0 Å². The molecule has 0 fully saturated rings. The molecule has 2 heterocycles. The second-order valence-electron chi connectivity index (χ2n) is 4.13. The molecule has 0 saturated heterocycles. The molecule has 0 radical (unpaired) electrons. The molecule has 0 spiro atoms. The average Bonchev–Trinajstić information content (AvgIpc) is 2.81. The monoisotopic (exact) mass is 265 g/mol. The maximum atomic E-state index is 10.7. The number of hydrogen-bond acceptors (Lipinski definition) is 5. The van der Waals surface area contributed by atoms with Crippen molar-refractivity contribution in [3.8, 4) is 0 Å². The Labute approximate surface area is 109 Å². The molecule has 0 amide bonds. The van der Waals surface area contributed by atoms with Crippen LogP contribution in [0.4, 0.5) is 5.95 Å². The van der Waals surface area contributed by atoms with E-state index in [1.54, 1.807) is 17.5 Å². The lowest BCUT2D eigenvalue weighted by atomic mass is 10.0. The highest BCUT2D eigenvalue weighted by atomic mass is 32.1. The van der Waals surface area contributed by atoms with Crippen LogP contribution in [0.1, 0.15) is 19.8 Å². The summed E-state index contributed by atoms with van der Waals surface area (Å²) in [7, 11) is 0. The molecule has 0 bridgehead atoms. The van der Waals surface area contributed by atoms with Crippen molar-refractivity contribution in [2.24, 2.45) is 5.92 Å². The number of nitrogens with zero attached hydrogens (tertiary/aromatic N) is 2. The topological polar surface area (TPSA) is 75.1 Å². The molecular weight excluding hydrogens is 250 g/mol. The highest BCUT2D eigenvalue weighted by molar-refractivity contribution is 7.16. The summed E-state index contributed by atoms with van der Waals surface area (Å²) in [4.78, 5) is 20.2. The van der Waals surface area contributed by atoms with Crippen molar-refractivity contribution in [1.29, 1.82) is 0 Å². The molecule has 0 aliphatic rings. The summed E-state index contributed by atoms with van der Waals surface area (Å²) < 4.78 is 0. The van der Waals surface area contributed by atoms with Crippen molar-refractivity contribution in [1.82, 2.24) is 9.97 Å². The van der Waals surface area contributed by atoms with Crippen LogP contribution in [0.25, 0.3) is 10.2 Å². The van der Waals surface area contributed by atoms with Crippen LogP contribution in [-0.2, 0) is 4.79 Å². The smallest absolute Gasteiger partial charge is 0.303 e. The zero-order chi connectivity index (χ0) is 13.0. The minimum Gasteiger partial charge on any atom is -0.481 e. The minimum atomic E-state index is -0.765. The highest BCUT2D eigenvalue weighted by Gasteiger charge is 2.11. The van der Waals surface area contributed by atoms with E-state index in [4.69, 9.17) is 5.11 Å². The predicted octanol–water partition coefficient (Wildman–Crippen LogP) is 2.60. The molecule has 0 saturated carbocycles. The van der Waals surface area contributed by atoms with Gasteiger partial charge in [-0.25, -0.2) is 9.97 Å². The van der Waals surface area contributed by atoms with E-state index in [0.29, 0.717) is 12.5 Å². The van der Waals surface area contributed by atoms with Gasteiger partial charge in [-0.1, -0.05) is 13.3 Å². The summed E-state index contributed by atoms with van der Waals surface area (Å²) in [5.74, 6) is -0.0998. The SMILES string of the molecule is CCC(CNc1ncc2ccsc2n1)CC(=O)O. The Hall–Kier alpha value is -1.69. The van der Waals surface area contributed by atoms with Crippen molar-refractivity contribution in [2.75, 3.05) is 11.9 Å². The van der Waals surface area contributed by atoms with Gasteiger partial charge in [0.1, 0.15) is 4.83 Å². The Kier molecular flexibility index (Phi) is 4.09. The molecule has 5 nitrogen and oxygen atoms in total. The Bertz CT molecular complexity index is 541. The molecule has 0 aromatic carbocycles. The van der Waals surface area contributed by atoms with Gasteiger partial charge in [-0.05, 0) is 17.4 Å². The van der Waals surface area contributed by atoms with Crippen LogP contribution >= 0.6 is 11.3 Å². The maximum Gasteiger partial charge on any atom is 0.303 e. The Morgan fingerprint density at radius 3 is 3.17 bits per heavy atom. The van der Waals surface area contributed by atoms with Gasteiger partial charge in [-0.3, -0.25) is 4.79 Å². The summed E-state index contributed by atoms with van der Waals surface area (Å²) in [6, 6.07) is 1.98. The van der Waals surface area contributed by atoms with Gasteiger partial charge in [-0.2, -0.15) is 0 Å². The number of aliphatic carboxylic acids is 1. The molecule has 96 valence electrons. The number of anilines is 1. The third-order valence-electron chi connectivity index (χ3n) is 2.80. The lowest BCUT2D eigenvalue weighted by Crippen LogP contribution is -2.18. The van der Waals surface area contributed by atoms with Gasteiger partial charge in [0.2, 0.25) is 5.95 Å². The first-order valence-electron chi connectivity index (χ1n) is 5.85. The fourth-order valence-electron chi connectivity index (χ4n) is 1.68. The van der Waals surface area contributed by atoms with Crippen LogP contribution in [0.3, 0.4) is 0 Å². The molecule has 2 aromatic rings. The van der Waals surface area contributed by atoms with E-state index < -0.39 is 5.97 Å². The highest BCUT2D eigenvalue weighted by Crippen LogP contribution is 2.18. The van der Waals surface area contributed by atoms with Crippen molar-refractivity contribution in [3.63, 3.8) is 0 Å². The summed E-state index contributed by atoms with van der Waals surface area (Å²) >= 11 is 1.57. The largest absolute Gasteiger partial charge is 0.481 e. The predicted molar refractivity (Wildman–Crippen MR) is 71.9 cm³/mol. The first-order chi connectivity index (χ1) is 8.69. The fraction of sp³-hybridized carbons (Fsp3) is 0.417. The van der Waals surface area contributed by atoms with Crippen LogP contribution in [-0.4, -0.2) is 27.6 Å². The van der Waals surface area contributed by atoms with Crippen molar-refractivity contribution in [2.45, 2.75) is 19.8 Å². The standard InChI is InChI=1S/C12H15N3O2S/c1-2-8(5-10(16)17)6-13-12-14-7-9-3-4-18-11(9)15-12/h3-4,7-8H,2,5-6H2,1H3,(H,16,17)(H,13,14,15). The Balaban J connectivity index is 1.97. The Morgan fingerprint density at radius 2 is 2.44 bits per heavy atom. The first-order valence-corrected chi connectivity index (χ1v) is 6.73. The number of rotatable bonds is 6. The van der Waals surface area contributed by atoms with Gasteiger partial charge in [0, 0.05) is 24.5 Å². The van der Waals surface area contributed by atoms with E-state index in [9.17, 15) is 4.79 Å². The van der Waals surface area contributed by atoms with E-state index in [2.05, 4.69) is 15.3 Å². The van der Waals surface area contributed by atoms with E-state index in [1.807, 2.05) is 18.4 Å². The second kappa shape index (κ2) is 5.77. The van der Waals surface area contributed by atoms with Crippen molar-refractivity contribution >= 4 is 33.5 Å². The maximum absolute atomic E-state index is 10.7. The molecule has 0 aliphatic carbocycles. The fourth-order valence-corrected chi connectivity index (χ4v) is 2.42. The van der Waals surface area contributed by atoms with Gasteiger partial charge in [-0.15, -0.1) is 11.3 Å². The summed E-state index contributed by atoms with van der Waals surface area (Å²) in [5.41, 5.74) is 0. The van der Waals surface area contributed by atoms with Crippen molar-refractivity contribution in [3.05, 3.63) is 17.6 Å². The zero-order valence-corrected chi connectivity index (χ0v) is 10.9. The van der Waals surface area contributed by atoms with Gasteiger partial charge < -0.3 is 10.4 Å². The third-order valence-corrected chi connectivity index (χ3v) is 3.62. The number of fused-ring (bicyclic) bond motifs is 1. The molecule has 1 unspecified atom stereocenters. The van der Waals surface area contributed by atoms with Crippen LogP contribution in [0.2, 0.25) is 0 Å². The summed E-state index contributed by atoms with van der Waals surface area (Å²) in [5, 5.41) is 14.9. The van der Waals surface area contributed by atoms with E-state index in [0.717, 1.165) is 16.6 Å². The minimum absolute atomic E-state index is 0.102. The van der Waals surface area contributed by atoms with Gasteiger partial charge in [0.05, 0.1) is 0 Å². The molecular formula is C12H15N3O2S. The number of carboxylic acid groups (broad SMARTS) is 1. The van der Waals surface area contributed by atoms with Gasteiger partial charge >= 0.3 is 5.97 Å². The quantitative estimate of drug-likeness (QED) is 0.839. The molecule has 2 N–H and O–H groups in total. The normalized spacial score (nSPS) is 12.5. The number of aromatic nitrogens is 2. The number of carbonyl (C=O) groups is 1. The van der Waals surface area contributed by atoms with E-state index in [1.165, 1.54) is 0 Å². The summed E-state index contributed by atoms with van der Waals surface area (Å²) in [6.45, 7) is 2.57. The number of hydrogen-bond donors (Lipinski definition) is 2. The van der Waals surface area contributed by atoms with E-state index in [-0.39, 0.29) is 12.3 Å². The van der Waals surface area contributed by atoms with Crippen LogP contribution in [0, 0.1) is 5.92 Å². The number of thiophene rings is 1. The van der Waals surface area contributed by atoms with Crippen LogP contribution < -0.4 is 5.32 Å². The zero-order valence-electron chi connectivity index (χ0n) is 10.1. The van der Waals surface area contributed by atoms with E-state index >= 15 is 0 Å². The number of nitrogens with one attached hydrogen (secondary N) is 1. The molecule has 1 atom stereocenters. The van der Waals surface area contributed by atoms with Crippen LogP contribution in [0.15, 0.2) is 17.6 Å². The molecule has 2 aromatic heterocycles. The molecule has 6 heteroatoms. The van der Waals surface area contributed by atoms with Gasteiger partial charge in [0.25, 0.3) is 0 Å².